The molecule has 5 nitrogen and oxygen atoms in total. The number of amides is 1. The Kier molecular flexibility index (Phi) is 5.31. The van der Waals surface area contributed by atoms with Gasteiger partial charge in [-0.1, -0.05) is 29.3 Å². The second kappa shape index (κ2) is 7.21. The summed E-state index contributed by atoms with van der Waals surface area (Å²) in [5.74, 6) is -1.55. The highest BCUT2D eigenvalue weighted by molar-refractivity contribution is 6.37. The molecule has 0 aliphatic carbocycles. The number of rotatable bonds is 4. The number of benzene rings is 2. The van der Waals surface area contributed by atoms with E-state index in [1.807, 2.05) is 0 Å². The molecule has 0 unspecified atom stereocenters. The van der Waals surface area contributed by atoms with E-state index in [0.717, 1.165) is 12.1 Å². The molecule has 2 aromatic rings. The zero-order valence-electron chi connectivity index (χ0n) is 11.4. The van der Waals surface area contributed by atoms with Crippen molar-refractivity contribution in [2.24, 2.45) is 0 Å². The van der Waals surface area contributed by atoms with Gasteiger partial charge in [0.1, 0.15) is 0 Å². The molecule has 0 saturated carbocycles. The molecule has 23 heavy (non-hydrogen) atoms. The third-order valence-corrected chi connectivity index (χ3v) is 3.47. The lowest BCUT2D eigenvalue weighted by Crippen LogP contribution is -2.08. The smallest absolute Gasteiger partial charge is 0.306 e. The first-order valence-electron chi connectivity index (χ1n) is 6.25. The number of carbonyl (C=O) groups excluding carboxylic acids is 1. The van der Waals surface area contributed by atoms with Crippen LogP contribution in [0.25, 0.3) is 6.08 Å². The van der Waals surface area contributed by atoms with E-state index in [1.165, 1.54) is 18.2 Å². The predicted molar refractivity (Wildman–Crippen MR) is 87.2 cm³/mol. The Balaban J connectivity index is 2.15. The van der Waals surface area contributed by atoms with Crippen LogP contribution in [0.4, 0.5) is 15.8 Å². The summed E-state index contributed by atoms with van der Waals surface area (Å²) in [6.45, 7) is 0. The summed E-state index contributed by atoms with van der Waals surface area (Å²) in [7, 11) is 0. The molecule has 0 atom stereocenters. The van der Waals surface area contributed by atoms with Gasteiger partial charge in [0.25, 0.3) is 0 Å². The lowest BCUT2D eigenvalue weighted by atomic mass is 10.2. The SMILES string of the molecule is O=C(/C=C/c1c(Cl)cccc1Cl)Nc1ccc(F)c([N+](=O)[O-])c1. The normalized spacial score (nSPS) is 10.7. The van der Waals surface area contributed by atoms with Crippen LogP contribution in [0, 0.1) is 15.9 Å². The number of carbonyl (C=O) groups is 1. The molecule has 0 fully saturated rings. The van der Waals surface area contributed by atoms with Gasteiger partial charge in [0.05, 0.1) is 4.92 Å². The molecule has 0 radical (unpaired) electrons. The third kappa shape index (κ3) is 4.28. The Morgan fingerprint density at radius 3 is 2.48 bits per heavy atom. The largest absolute Gasteiger partial charge is 0.322 e. The standard InChI is InChI=1S/C15H9Cl2FN2O3/c16-11-2-1-3-12(17)10(11)5-7-15(21)19-9-4-6-13(18)14(8-9)20(22)23/h1-8H,(H,19,21)/b7-5+. The highest BCUT2D eigenvalue weighted by Crippen LogP contribution is 2.25. The molecule has 0 bridgehead atoms. The number of hydrogen-bond donors (Lipinski definition) is 1. The monoisotopic (exact) mass is 354 g/mol. The Morgan fingerprint density at radius 1 is 1.22 bits per heavy atom. The van der Waals surface area contributed by atoms with Crippen molar-refractivity contribution in [1.82, 2.24) is 0 Å². The molecule has 118 valence electrons. The van der Waals surface area contributed by atoms with Crippen molar-refractivity contribution in [2.45, 2.75) is 0 Å². The van der Waals surface area contributed by atoms with Gasteiger partial charge in [0.2, 0.25) is 11.7 Å². The van der Waals surface area contributed by atoms with Gasteiger partial charge in [-0.3, -0.25) is 14.9 Å². The number of nitro benzene ring substituents is 1. The number of anilines is 1. The topological polar surface area (TPSA) is 72.2 Å². The minimum absolute atomic E-state index is 0.0954. The van der Waals surface area contributed by atoms with Crippen LogP contribution in [-0.4, -0.2) is 10.8 Å². The Bertz CT molecular complexity index is 789. The van der Waals surface area contributed by atoms with Gasteiger partial charge in [-0.05, 0) is 30.3 Å². The van der Waals surface area contributed by atoms with Crippen LogP contribution in [0.5, 0.6) is 0 Å². The summed E-state index contributed by atoms with van der Waals surface area (Å²) in [5.41, 5.74) is -0.157. The quantitative estimate of drug-likeness (QED) is 0.491. The lowest BCUT2D eigenvalue weighted by Gasteiger charge is -2.03. The van der Waals surface area contributed by atoms with Crippen LogP contribution >= 0.6 is 23.2 Å². The maximum Gasteiger partial charge on any atom is 0.306 e. The molecular formula is C15H9Cl2FN2O3. The molecule has 0 aliphatic rings. The highest BCUT2D eigenvalue weighted by Gasteiger charge is 2.14. The van der Waals surface area contributed by atoms with Crippen LogP contribution in [-0.2, 0) is 4.79 Å². The fraction of sp³-hybridized carbons (Fsp3) is 0. The summed E-state index contributed by atoms with van der Waals surface area (Å²) >= 11 is 11.9. The van der Waals surface area contributed by atoms with Crippen molar-refractivity contribution in [3.05, 3.63) is 74.0 Å². The minimum atomic E-state index is -0.980. The van der Waals surface area contributed by atoms with Crippen LogP contribution < -0.4 is 5.32 Å². The average molecular weight is 355 g/mol. The Hall–Kier alpha value is -2.44. The number of nitrogens with zero attached hydrogens (tertiary/aromatic N) is 1. The first kappa shape index (κ1) is 16.9. The molecule has 2 rings (SSSR count). The maximum absolute atomic E-state index is 13.2. The zero-order chi connectivity index (χ0) is 17.0. The molecule has 8 heteroatoms. The van der Waals surface area contributed by atoms with Crippen LogP contribution in [0.15, 0.2) is 42.5 Å². The fourth-order valence-corrected chi connectivity index (χ4v) is 2.27. The van der Waals surface area contributed by atoms with Crippen molar-refractivity contribution in [3.63, 3.8) is 0 Å². The van der Waals surface area contributed by atoms with Gasteiger partial charge in [-0.2, -0.15) is 4.39 Å². The van der Waals surface area contributed by atoms with Gasteiger partial charge in [-0.15, -0.1) is 0 Å². The van der Waals surface area contributed by atoms with E-state index >= 15 is 0 Å². The van der Waals surface area contributed by atoms with Gasteiger partial charge in [-0.25, -0.2) is 0 Å². The Labute approximate surface area is 140 Å². The van der Waals surface area contributed by atoms with E-state index < -0.39 is 22.3 Å². The van der Waals surface area contributed by atoms with Crippen LogP contribution in [0.2, 0.25) is 10.0 Å². The zero-order valence-corrected chi connectivity index (χ0v) is 12.9. The molecule has 0 spiro atoms. The van der Waals surface area contributed by atoms with Gasteiger partial charge >= 0.3 is 5.69 Å². The summed E-state index contributed by atoms with van der Waals surface area (Å²) < 4.78 is 13.2. The third-order valence-electron chi connectivity index (χ3n) is 2.81. The first-order chi connectivity index (χ1) is 10.9. The second-order valence-electron chi connectivity index (χ2n) is 4.38. The average Bonchev–Trinajstić information content (AvgIpc) is 2.48. The van der Waals surface area contributed by atoms with E-state index in [4.69, 9.17) is 23.2 Å². The maximum atomic E-state index is 13.2. The van der Waals surface area contributed by atoms with E-state index in [0.29, 0.717) is 15.6 Å². The highest BCUT2D eigenvalue weighted by atomic mass is 35.5. The van der Waals surface area contributed by atoms with Crippen LogP contribution in [0.1, 0.15) is 5.56 Å². The summed E-state index contributed by atoms with van der Waals surface area (Å²) in [6.07, 6.45) is 2.58. The van der Waals surface area contributed by atoms with E-state index in [2.05, 4.69) is 5.32 Å². The number of hydrogen-bond acceptors (Lipinski definition) is 3. The molecular weight excluding hydrogens is 346 g/mol. The minimum Gasteiger partial charge on any atom is -0.322 e. The number of halogens is 3. The van der Waals surface area contributed by atoms with Crippen LogP contribution in [0.3, 0.4) is 0 Å². The van der Waals surface area contributed by atoms with Crippen molar-refractivity contribution < 1.29 is 14.1 Å². The van der Waals surface area contributed by atoms with E-state index in [1.54, 1.807) is 18.2 Å². The second-order valence-corrected chi connectivity index (χ2v) is 5.20. The van der Waals surface area contributed by atoms with Gasteiger partial charge in [0.15, 0.2) is 0 Å². The molecule has 0 aliphatic heterocycles. The molecule has 0 aromatic heterocycles. The fourth-order valence-electron chi connectivity index (χ4n) is 1.74. The van der Waals surface area contributed by atoms with Gasteiger partial charge < -0.3 is 5.32 Å². The molecule has 0 saturated heterocycles. The van der Waals surface area contributed by atoms with Gasteiger partial charge in [0, 0.05) is 33.4 Å². The summed E-state index contributed by atoms with van der Waals surface area (Å²) in [5, 5.41) is 13.8. The number of nitrogens with one attached hydrogen (secondary N) is 1. The van der Waals surface area contributed by atoms with E-state index in [-0.39, 0.29) is 5.69 Å². The molecule has 2 aromatic carbocycles. The number of nitro groups is 1. The summed E-state index contributed by atoms with van der Waals surface area (Å²) in [4.78, 5) is 21.6. The lowest BCUT2D eigenvalue weighted by molar-refractivity contribution is -0.387. The van der Waals surface area contributed by atoms with E-state index in [9.17, 15) is 19.3 Å². The Morgan fingerprint density at radius 2 is 1.87 bits per heavy atom. The van der Waals surface area contributed by atoms with Crippen molar-refractivity contribution in [2.75, 3.05) is 5.32 Å². The van der Waals surface area contributed by atoms with Crippen molar-refractivity contribution in [3.8, 4) is 0 Å². The van der Waals surface area contributed by atoms with Crippen molar-refractivity contribution in [1.29, 1.82) is 0 Å². The van der Waals surface area contributed by atoms with Crippen molar-refractivity contribution >= 4 is 46.6 Å². The summed E-state index contributed by atoms with van der Waals surface area (Å²) in [6, 6.07) is 7.96. The molecule has 1 amide bonds. The first-order valence-corrected chi connectivity index (χ1v) is 7.01. The molecule has 1 N–H and O–H groups in total. The molecule has 0 heterocycles. The predicted octanol–water partition coefficient (Wildman–Crippen LogP) is 4.69.